The zero-order valence-electron chi connectivity index (χ0n) is 12.1. The minimum Gasteiger partial charge on any atom is -0.481 e. The third-order valence-electron chi connectivity index (χ3n) is 4.04. The van der Waals surface area contributed by atoms with Crippen LogP contribution < -0.4 is 5.32 Å². The summed E-state index contributed by atoms with van der Waals surface area (Å²) < 4.78 is 0. The van der Waals surface area contributed by atoms with Crippen molar-refractivity contribution in [2.24, 2.45) is 5.92 Å². The Morgan fingerprint density at radius 3 is 2.81 bits per heavy atom. The van der Waals surface area contributed by atoms with Gasteiger partial charge in [-0.15, -0.1) is 0 Å². The van der Waals surface area contributed by atoms with Crippen molar-refractivity contribution in [1.29, 1.82) is 0 Å². The molecular weight excluding hydrogens is 268 g/mol. The Kier molecular flexibility index (Phi) is 5.72. The molecule has 21 heavy (non-hydrogen) atoms. The second kappa shape index (κ2) is 7.76. The van der Waals surface area contributed by atoms with Gasteiger partial charge in [0.15, 0.2) is 0 Å². The van der Waals surface area contributed by atoms with Crippen LogP contribution in [0.1, 0.15) is 44.1 Å². The van der Waals surface area contributed by atoms with E-state index < -0.39 is 11.9 Å². The summed E-state index contributed by atoms with van der Waals surface area (Å²) in [6.07, 6.45) is 8.82. The maximum absolute atomic E-state index is 12.0. The van der Waals surface area contributed by atoms with Gasteiger partial charge in [0, 0.05) is 24.9 Å². The Bertz CT molecular complexity index is 476. The van der Waals surface area contributed by atoms with Crippen molar-refractivity contribution in [2.75, 3.05) is 0 Å². The van der Waals surface area contributed by atoms with Gasteiger partial charge in [0.05, 0.1) is 5.92 Å². The summed E-state index contributed by atoms with van der Waals surface area (Å²) in [4.78, 5) is 27.4. The van der Waals surface area contributed by atoms with Gasteiger partial charge in [-0.1, -0.05) is 25.3 Å². The molecule has 1 amide bonds. The molecular formula is C16H22N2O3. The molecule has 1 fully saturated rings. The Morgan fingerprint density at radius 2 is 2.10 bits per heavy atom. The van der Waals surface area contributed by atoms with Gasteiger partial charge in [0.2, 0.25) is 5.91 Å². The summed E-state index contributed by atoms with van der Waals surface area (Å²) in [5, 5.41) is 12.2. The van der Waals surface area contributed by atoms with E-state index in [1.807, 2.05) is 12.1 Å². The quantitative estimate of drug-likeness (QED) is 0.814. The number of aryl methyl sites for hydroxylation is 1. The summed E-state index contributed by atoms with van der Waals surface area (Å²) >= 11 is 0. The van der Waals surface area contributed by atoms with Crippen molar-refractivity contribution in [3.63, 3.8) is 0 Å². The summed E-state index contributed by atoms with van der Waals surface area (Å²) in [5.41, 5.74) is 1.02. The molecule has 5 heteroatoms. The molecule has 2 unspecified atom stereocenters. The number of aliphatic carboxylic acids is 1. The average molecular weight is 290 g/mol. The van der Waals surface area contributed by atoms with Crippen molar-refractivity contribution >= 4 is 11.9 Å². The van der Waals surface area contributed by atoms with Gasteiger partial charge in [-0.2, -0.15) is 0 Å². The molecule has 5 nitrogen and oxygen atoms in total. The van der Waals surface area contributed by atoms with Crippen LogP contribution in [0.25, 0.3) is 0 Å². The summed E-state index contributed by atoms with van der Waals surface area (Å²) in [6.45, 7) is 0. The van der Waals surface area contributed by atoms with Gasteiger partial charge >= 0.3 is 5.97 Å². The normalized spacial score (nSPS) is 22.3. The van der Waals surface area contributed by atoms with Gasteiger partial charge in [-0.25, -0.2) is 0 Å². The first-order chi connectivity index (χ1) is 10.2. The van der Waals surface area contributed by atoms with E-state index in [9.17, 15) is 14.7 Å². The van der Waals surface area contributed by atoms with E-state index in [0.717, 1.165) is 31.2 Å². The zero-order valence-corrected chi connectivity index (χ0v) is 12.1. The fraction of sp³-hybridized carbons (Fsp3) is 0.562. The van der Waals surface area contributed by atoms with Gasteiger partial charge in [0.25, 0.3) is 0 Å². The number of carbonyl (C=O) groups is 2. The largest absolute Gasteiger partial charge is 0.481 e. The molecule has 0 spiro atoms. The lowest BCUT2D eigenvalue weighted by molar-refractivity contribution is -0.143. The number of nitrogens with one attached hydrogen (secondary N) is 1. The number of rotatable bonds is 5. The van der Waals surface area contributed by atoms with E-state index in [1.165, 1.54) is 0 Å². The Labute approximate surface area is 124 Å². The summed E-state index contributed by atoms with van der Waals surface area (Å²) in [6, 6.07) is 3.55. The number of aromatic nitrogens is 1. The van der Waals surface area contributed by atoms with Crippen LogP contribution >= 0.6 is 0 Å². The lowest BCUT2D eigenvalue weighted by Crippen LogP contribution is -2.42. The Morgan fingerprint density at radius 1 is 1.29 bits per heavy atom. The summed E-state index contributed by atoms with van der Waals surface area (Å²) in [7, 11) is 0. The second-order valence-corrected chi connectivity index (χ2v) is 5.62. The molecule has 1 aliphatic rings. The first kappa shape index (κ1) is 15.5. The van der Waals surface area contributed by atoms with Crippen molar-refractivity contribution in [3.8, 4) is 0 Å². The summed E-state index contributed by atoms with van der Waals surface area (Å²) in [5.74, 6) is -1.32. The standard InChI is InChI=1S/C16H22N2O3/c19-15(9-8-12-5-4-10-17-11-12)18-14-7-3-1-2-6-13(14)16(20)21/h4-5,10-11,13-14H,1-3,6-9H2,(H,18,19)(H,20,21). The van der Waals surface area contributed by atoms with Crippen molar-refractivity contribution in [2.45, 2.75) is 51.0 Å². The van der Waals surface area contributed by atoms with Crippen LogP contribution in [0.2, 0.25) is 0 Å². The molecule has 1 saturated carbocycles. The number of hydrogen-bond donors (Lipinski definition) is 2. The van der Waals surface area contributed by atoms with Gasteiger partial charge < -0.3 is 10.4 Å². The first-order valence-electron chi connectivity index (χ1n) is 7.58. The third kappa shape index (κ3) is 4.85. The molecule has 2 rings (SSSR count). The average Bonchev–Trinajstić information content (AvgIpc) is 2.72. The van der Waals surface area contributed by atoms with Crippen molar-refractivity contribution < 1.29 is 14.7 Å². The van der Waals surface area contributed by atoms with E-state index in [1.54, 1.807) is 12.4 Å². The molecule has 1 aliphatic carbocycles. The van der Waals surface area contributed by atoms with E-state index in [0.29, 0.717) is 19.3 Å². The predicted molar refractivity (Wildman–Crippen MR) is 78.7 cm³/mol. The maximum Gasteiger partial charge on any atom is 0.308 e. The van der Waals surface area contributed by atoms with Crippen LogP contribution in [0, 0.1) is 5.92 Å². The molecule has 0 radical (unpaired) electrons. The van der Waals surface area contributed by atoms with Crippen LogP contribution in [0.5, 0.6) is 0 Å². The van der Waals surface area contributed by atoms with Crippen LogP contribution in [-0.4, -0.2) is 28.0 Å². The van der Waals surface area contributed by atoms with Gasteiger partial charge in [0.1, 0.15) is 0 Å². The lowest BCUT2D eigenvalue weighted by Gasteiger charge is -2.22. The molecule has 1 aromatic rings. The number of amides is 1. The maximum atomic E-state index is 12.0. The third-order valence-corrected chi connectivity index (χ3v) is 4.04. The number of carboxylic acids is 1. The van der Waals surface area contributed by atoms with Crippen LogP contribution in [0.15, 0.2) is 24.5 Å². The molecule has 0 aliphatic heterocycles. The molecule has 2 atom stereocenters. The van der Waals surface area contributed by atoms with E-state index >= 15 is 0 Å². The number of hydrogen-bond acceptors (Lipinski definition) is 3. The minimum atomic E-state index is -0.797. The first-order valence-corrected chi connectivity index (χ1v) is 7.58. The zero-order chi connectivity index (χ0) is 15.1. The Hall–Kier alpha value is -1.91. The number of carboxylic acid groups (broad SMARTS) is 1. The topological polar surface area (TPSA) is 79.3 Å². The Balaban J connectivity index is 1.86. The molecule has 1 heterocycles. The van der Waals surface area contributed by atoms with E-state index in [4.69, 9.17) is 0 Å². The highest BCUT2D eigenvalue weighted by molar-refractivity contribution is 5.78. The molecule has 0 aromatic carbocycles. The molecule has 114 valence electrons. The SMILES string of the molecule is O=C(CCc1cccnc1)NC1CCCCCC1C(=O)O. The van der Waals surface area contributed by atoms with E-state index in [2.05, 4.69) is 10.3 Å². The second-order valence-electron chi connectivity index (χ2n) is 5.62. The smallest absolute Gasteiger partial charge is 0.308 e. The predicted octanol–water partition coefficient (Wildman–Crippen LogP) is 2.16. The molecule has 0 saturated heterocycles. The number of carbonyl (C=O) groups excluding carboxylic acids is 1. The fourth-order valence-electron chi connectivity index (χ4n) is 2.86. The van der Waals surface area contributed by atoms with Gasteiger partial charge in [-0.3, -0.25) is 14.6 Å². The van der Waals surface area contributed by atoms with Crippen molar-refractivity contribution in [1.82, 2.24) is 10.3 Å². The van der Waals surface area contributed by atoms with Gasteiger partial charge in [-0.05, 0) is 30.9 Å². The highest BCUT2D eigenvalue weighted by Crippen LogP contribution is 2.24. The number of pyridine rings is 1. The van der Waals surface area contributed by atoms with Crippen LogP contribution in [-0.2, 0) is 16.0 Å². The van der Waals surface area contributed by atoms with Crippen LogP contribution in [0.4, 0.5) is 0 Å². The molecule has 0 bridgehead atoms. The highest BCUT2D eigenvalue weighted by Gasteiger charge is 2.30. The number of nitrogens with zero attached hydrogens (tertiary/aromatic N) is 1. The van der Waals surface area contributed by atoms with Crippen LogP contribution in [0.3, 0.4) is 0 Å². The molecule has 2 N–H and O–H groups in total. The highest BCUT2D eigenvalue weighted by atomic mass is 16.4. The minimum absolute atomic E-state index is 0.0722. The molecule has 1 aromatic heterocycles. The van der Waals surface area contributed by atoms with Crippen molar-refractivity contribution in [3.05, 3.63) is 30.1 Å². The van der Waals surface area contributed by atoms with E-state index in [-0.39, 0.29) is 11.9 Å². The fourth-order valence-corrected chi connectivity index (χ4v) is 2.86. The monoisotopic (exact) mass is 290 g/mol. The lowest BCUT2D eigenvalue weighted by atomic mass is 9.94.